The molecule has 0 fully saturated rings. The molecule has 7 nitrogen and oxygen atoms in total. The fourth-order valence-electron chi connectivity index (χ4n) is 3.54. The zero-order valence-electron chi connectivity index (χ0n) is 18.0. The smallest absolute Gasteiger partial charge is 0.278 e. The zero-order chi connectivity index (χ0) is 22.5. The van der Waals surface area contributed by atoms with Gasteiger partial charge in [-0.15, -0.1) is 0 Å². The van der Waals surface area contributed by atoms with Gasteiger partial charge in [0.25, 0.3) is 11.5 Å². The van der Waals surface area contributed by atoms with Crippen LogP contribution in [0.5, 0.6) is 5.75 Å². The van der Waals surface area contributed by atoms with Crippen molar-refractivity contribution < 1.29 is 9.53 Å². The summed E-state index contributed by atoms with van der Waals surface area (Å²) in [6.07, 6.45) is 2.47. The van der Waals surface area contributed by atoms with E-state index in [1.165, 1.54) is 0 Å². The van der Waals surface area contributed by atoms with Crippen molar-refractivity contribution in [2.45, 2.75) is 26.4 Å². The first kappa shape index (κ1) is 21.2. The maximum atomic E-state index is 13.1. The van der Waals surface area contributed by atoms with E-state index in [0.717, 1.165) is 17.7 Å². The van der Waals surface area contributed by atoms with Crippen LogP contribution in [0.1, 0.15) is 29.3 Å². The lowest BCUT2D eigenvalue weighted by Crippen LogP contribution is -2.24. The molecule has 2 aromatic heterocycles. The molecule has 2 aromatic carbocycles. The number of amides is 1. The van der Waals surface area contributed by atoms with E-state index in [-0.39, 0.29) is 11.5 Å². The summed E-state index contributed by atoms with van der Waals surface area (Å²) in [5, 5.41) is 2.90. The number of benzene rings is 2. The average Bonchev–Trinajstić information content (AvgIpc) is 2.84. The van der Waals surface area contributed by atoms with Gasteiger partial charge in [0.05, 0.1) is 7.11 Å². The van der Waals surface area contributed by atoms with Crippen molar-refractivity contribution in [3.63, 3.8) is 0 Å². The van der Waals surface area contributed by atoms with E-state index in [0.29, 0.717) is 41.1 Å². The van der Waals surface area contributed by atoms with E-state index in [1.54, 1.807) is 48.2 Å². The highest BCUT2D eigenvalue weighted by atomic mass is 16.5. The number of hydrogen-bond acceptors (Lipinski definition) is 5. The molecule has 0 atom stereocenters. The van der Waals surface area contributed by atoms with Crippen molar-refractivity contribution in [1.82, 2.24) is 19.9 Å². The molecule has 4 rings (SSSR count). The predicted molar refractivity (Wildman–Crippen MR) is 124 cm³/mol. The molecule has 0 saturated carbocycles. The molecular weight excluding hydrogens is 404 g/mol. The number of ether oxygens (including phenoxy) is 1. The van der Waals surface area contributed by atoms with Crippen molar-refractivity contribution in [1.29, 1.82) is 0 Å². The number of rotatable bonds is 7. The van der Waals surface area contributed by atoms with Gasteiger partial charge in [-0.2, -0.15) is 0 Å². The third-order valence-corrected chi connectivity index (χ3v) is 5.16. The van der Waals surface area contributed by atoms with Gasteiger partial charge in [-0.3, -0.25) is 14.2 Å². The minimum absolute atomic E-state index is 0.187. The Labute approximate surface area is 185 Å². The molecule has 1 amide bonds. The van der Waals surface area contributed by atoms with Crippen molar-refractivity contribution in [2.75, 3.05) is 7.11 Å². The molecule has 1 N–H and O–H groups in total. The molecule has 0 aliphatic rings. The fraction of sp³-hybridized carbons (Fsp3) is 0.200. The molecule has 0 aliphatic carbocycles. The predicted octanol–water partition coefficient (Wildman–Crippen LogP) is 3.81. The third-order valence-electron chi connectivity index (χ3n) is 5.16. The van der Waals surface area contributed by atoms with Gasteiger partial charge in [-0.05, 0) is 48.4 Å². The Morgan fingerprint density at radius 1 is 1.09 bits per heavy atom. The Balaban J connectivity index is 1.57. The van der Waals surface area contributed by atoms with Gasteiger partial charge in [0, 0.05) is 30.4 Å². The molecule has 0 aliphatic heterocycles. The second-order valence-electron chi connectivity index (χ2n) is 7.37. The Hall–Kier alpha value is -4.00. The highest BCUT2D eigenvalue weighted by Gasteiger charge is 2.14. The Kier molecular flexibility index (Phi) is 6.26. The Bertz CT molecular complexity index is 1310. The highest BCUT2D eigenvalue weighted by molar-refractivity contribution is 5.94. The quantitative estimate of drug-likeness (QED) is 0.484. The summed E-state index contributed by atoms with van der Waals surface area (Å²) in [4.78, 5) is 34.5. The SMILES string of the molecule is CCCn1c(=O)c(-c2ccc(C(=O)NCc3cccc(OC)c3)cc2)nc2cccnc21. The van der Waals surface area contributed by atoms with E-state index in [2.05, 4.69) is 15.3 Å². The second kappa shape index (κ2) is 9.43. The van der Waals surface area contributed by atoms with Gasteiger partial charge >= 0.3 is 0 Å². The monoisotopic (exact) mass is 428 g/mol. The summed E-state index contributed by atoms with van der Waals surface area (Å²) in [5.41, 5.74) is 3.52. The summed E-state index contributed by atoms with van der Waals surface area (Å²) < 4.78 is 6.87. The lowest BCUT2D eigenvalue weighted by molar-refractivity contribution is 0.0951. The number of carbonyl (C=O) groups excluding carboxylic acids is 1. The van der Waals surface area contributed by atoms with Crippen LogP contribution in [0.2, 0.25) is 0 Å². The summed E-state index contributed by atoms with van der Waals surface area (Å²) in [5.74, 6) is 0.548. The molecule has 0 saturated heterocycles. The molecule has 7 heteroatoms. The summed E-state index contributed by atoms with van der Waals surface area (Å²) >= 11 is 0. The average molecular weight is 428 g/mol. The van der Waals surface area contributed by atoms with Crippen molar-refractivity contribution >= 4 is 17.1 Å². The van der Waals surface area contributed by atoms with Crippen molar-refractivity contribution in [3.8, 4) is 17.0 Å². The molecular formula is C25H24N4O3. The Morgan fingerprint density at radius 3 is 2.66 bits per heavy atom. The number of pyridine rings is 1. The molecule has 0 unspecified atom stereocenters. The van der Waals surface area contributed by atoms with E-state index < -0.39 is 0 Å². The third kappa shape index (κ3) is 4.37. The van der Waals surface area contributed by atoms with Crippen LogP contribution in [0, 0.1) is 0 Å². The van der Waals surface area contributed by atoms with Crippen LogP contribution in [0.4, 0.5) is 0 Å². The normalized spacial score (nSPS) is 10.8. The zero-order valence-corrected chi connectivity index (χ0v) is 18.0. The van der Waals surface area contributed by atoms with Crippen LogP contribution in [0.3, 0.4) is 0 Å². The number of aromatic nitrogens is 3. The van der Waals surface area contributed by atoms with E-state index in [4.69, 9.17) is 4.74 Å². The molecule has 2 heterocycles. The summed E-state index contributed by atoms with van der Waals surface area (Å²) in [7, 11) is 1.61. The van der Waals surface area contributed by atoms with Gasteiger partial charge in [-0.25, -0.2) is 9.97 Å². The first-order valence-corrected chi connectivity index (χ1v) is 10.5. The summed E-state index contributed by atoms with van der Waals surface area (Å²) in [6.45, 7) is 2.96. The summed E-state index contributed by atoms with van der Waals surface area (Å²) in [6, 6.07) is 18.1. The topological polar surface area (TPSA) is 86.1 Å². The number of nitrogens with zero attached hydrogens (tertiary/aromatic N) is 3. The van der Waals surface area contributed by atoms with Crippen molar-refractivity contribution in [2.24, 2.45) is 0 Å². The number of nitrogens with one attached hydrogen (secondary N) is 1. The number of aryl methyl sites for hydroxylation is 1. The van der Waals surface area contributed by atoms with Gasteiger partial charge in [0.1, 0.15) is 17.0 Å². The van der Waals surface area contributed by atoms with Crippen molar-refractivity contribution in [3.05, 3.63) is 88.3 Å². The first-order chi connectivity index (χ1) is 15.6. The standard InChI is InChI=1S/C25H24N4O3/c1-3-14-29-23-21(8-5-13-26-23)28-22(25(29)31)18-9-11-19(12-10-18)24(30)27-16-17-6-4-7-20(15-17)32-2/h4-13,15H,3,14,16H2,1-2H3,(H,27,30). The fourth-order valence-corrected chi connectivity index (χ4v) is 3.54. The number of methoxy groups -OCH3 is 1. The van der Waals surface area contributed by atoms with Crippen LogP contribution in [0.15, 0.2) is 71.7 Å². The van der Waals surface area contributed by atoms with Crippen LogP contribution >= 0.6 is 0 Å². The van der Waals surface area contributed by atoms with Crippen LogP contribution in [-0.4, -0.2) is 27.6 Å². The number of hydrogen-bond donors (Lipinski definition) is 1. The van der Waals surface area contributed by atoms with Gasteiger partial charge < -0.3 is 10.1 Å². The maximum absolute atomic E-state index is 13.1. The largest absolute Gasteiger partial charge is 0.497 e. The number of carbonyl (C=O) groups is 1. The molecule has 162 valence electrons. The van der Waals surface area contributed by atoms with Gasteiger partial charge in [-0.1, -0.05) is 31.2 Å². The van der Waals surface area contributed by atoms with Gasteiger partial charge in [0.2, 0.25) is 0 Å². The minimum atomic E-state index is -0.196. The minimum Gasteiger partial charge on any atom is -0.497 e. The van der Waals surface area contributed by atoms with Crippen LogP contribution < -0.4 is 15.6 Å². The lowest BCUT2D eigenvalue weighted by Gasteiger charge is -2.11. The highest BCUT2D eigenvalue weighted by Crippen LogP contribution is 2.18. The molecule has 0 radical (unpaired) electrons. The molecule has 0 bridgehead atoms. The first-order valence-electron chi connectivity index (χ1n) is 10.5. The van der Waals surface area contributed by atoms with E-state index in [1.807, 2.05) is 37.3 Å². The Morgan fingerprint density at radius 2 is 1.91 bits per heavy atom. The van der Waals surface area contributed by atoms with E-state index >= 15 is 0 Å². The van der Waals surface area contributed by atoms with E-state index in [9.17, 15) is 9.59 Å². The molecule has 4 aromatic rings. The maximum Gasteiger partial charge on any atom is 0.278 e. The number of fused-ring (bicyclic) bond motifs is 1. The molecule has 0 spiro atoms. The second-order valence-corrected chi connectivity index (χ2v) is 7.37. The van der Waals surface area contributed by atoms with Crippen LogP contribution in [-0.2, 0) is 13.1 Å². The lowest BCUT2D eigenvalue weighted by atomic mass is 10.1. The van der Waals surface area contributed by atoms with Gasteiger partial charge in [0.15, 0.2) is 5.65 Å². The van der Waals surface area contributed by atoms with Crippen LogP contribution in [0.25, 0.3) is 22.4 Å². The molecule has 32 heavy (non-hydrogen) atoms.